The van der Waals surface area contributed by atoms with Gasteiger partial charge in [0.15, 0.2) is 5.96 Å². The molecule has 2 aromatic rings. The van der Waals surface area contributed by atoms with E-state index in [1.54, 1.807) is 31.3 Å². The Bertz CT molecular complexity index is 932. The molecule has 0 aromatic heterocycles. The topological polar surface area (TPSA) is 83.0 Å². The highest BCUT2D eigenvalue weighted by molar-refractivity contribution is 14.0. The van der Waals surface area contributed by atoms with Gasteiger partial charge in [-0.2, -0.15) is 0 Å². The standard InChI is InChI=1S/C21H30N4O3S.HI/c1-16-8-6-7-9-20(16)28-17(2)14-23-21(22-3)24-15-18-10-12-19(13-11-18)29(26,27)25(4)5;/h6-13,17H,14-15H2,1-5H3,(H2,22,23,24);1H. The van der Waals surface area contributed by atoms with Crippen molar-refractivity contribution in [3.63, 3.8) is 0 Å². The molecular formula is C21H31IN4O3S. The van der Waals surface area contributed by atoms with Crippen LogP contribution in [0.2, 0.25) is 0 Å². The third-order valence-corrected chi connectivity index (χ3v) is 6.19. The Morgan fingerprint density at radius 3 is 2.30 bits per heavy atom. The molecule has 0 radical (unpaired) electrons. The molecule has 2 rings (SSSR count). The molecule has 2 N–H and O–H groups in total. The van der Waals surface area contributed by atoms with Gasteiger partial charge in [-0.05, 0) is 43.2 Å². The molecule has 0 amide bonds. The van der Waals surface area contributed by atoms with Crippen LogP contribution < -0.4 is 15.4 Å². The molecule has 0 heterocycles. The molecule has 0 saturated carbocycles. The SMILES string of the molecule is CN=C(NCc1ccc(S(=O)(=O)N(C)C)cc1)NCC(C)Oc1ccccc1C.I. The number of hydrogen-bond donors (Lipinski definition) is 2. The third kappa shape index (κ3) is 7.44. The molecule has 1 unspecified atom stereocenters. The quantitative estimate of drug-likeness (QED) is 0.302. The van der Waals surface area contributed by atoms with Gasteiger partial charge in [-0.15, -0.1) is 24.0 Å². The highest BCUT2D eigenvalue weighted by atomic mass is 127. The van der Waals surface area contributed by atoms with Gasteiger partial charge < -0.3 is 15.4 Å². The number of nitrogens with one attached hydrogen (secondary N) is 2. The number of halogens is 1. The van der Waals surface area contributed by atoms with Gasteiger partial charge in [0, 0.05) is 27.7 Å². The van der Waals surface area contributed by atoms with Crippen molar-refractivity contribution in [3.05, 3.63) is 59.7 Å². The van der Waals surface area contributed by atoms with E-state index < -0.39 is 10.0 Å². The van der Waals surface area contributed by atoms with Crippen LogP contribution in [0.1, 0.15) is 18.1 Å². The fourth-order valence-electron chi connectivity index (χ4n) is 2.58. The normalized spacial score (nSPS) is 12.8. The summed E-state index contributed by atoms with van der Waals surface area (Å²) in [4.78, 5) is 4.49. The van der Waals surface area contributed by atoms with E-state index in [4.69, 9.17) is 4.74 Å². The van der Waals surface area contributed by atoms with Gasteiger partial charge in [0.25, 0.3) is 0 Å². The Kier molecular flexibility index (Phi) is 10.6. The van der Waals surface area contributed by atoms with Gasteiger partial charge in [-0.3, -0.25) is 4.99 Å². The molecule has 0 aliphatic heterocycles. The molecule has 0 spiro atoms. The van der Waals surface area contributed by atoms with Crippen LogP contribution in [0.3, 0.4) is 0 Å². The van der Waals surface area contributed by atoms with Crippen LogP contribution in [0.4, 0.5) is 0 Å². The predicted octanol–water partition coefficient (Wildman–Crippen LogP) is 3.00. The predicted molar refractivity (Wildman–Crippen MR) is 132 cm³/mol. The fourth-order valence-corrected chi connectivity index (χ4v) is 3.49. The number of benzene rings is 2. The zero-order valence-electron chi connectivity index (χ0n) is 18.0. The van der Waals surface area contributed by atoms with Crippen molar-refractivity contribution < 1.29 is 13.2 Å². The van der Waals surface area contributed by atoms with E-state index in [1.807, 2.05) is 38.1 Å². The van der Waals surface area contributed by atoms with Gasteiger partial charge >= 0.3 is 0 Å². The van der Waals surface area contributed by atoms with Gasteiger partial charge in [0.05, 0.1) is 11.4 Å². The van der Waals surface area contributed by atoms with E-state index in [0.717, 1.165) is 16.9 Å². The molecule has 1 atom stereocenters. The average molecular weight is 546 g/mol. The van der Waals surface area contributed by atoms with E-state index in [0.29, 0.717) is 19.0 Å². The second kappa shape index (κ2) is 12.1. The zero-order chi connectivity index (χ0) is 21.4. The zero-order valence-corrected chi connectivity index (χ0v) is 21.2. The van der Waals surface area contributed by atoms with E-state index in [2.05, 4.69) is 15.6 Å². The van der Waals surface area contributed by atoms with Gasteiger partial charge in [0.1, 0.15) is 11.9 Å². The minimum absolute atomic E-state index is 0. The van der Waals surface area contributed by atoms with Crippen molar-refractivity contribution in [3.8, 4) is 5.75 Å². The minimum atomic E-state index is -3.41. The summed E-state index contributed by atoms with van der Waals surface area (Å²) >= 11 is 0. The first-order valence-electron chi connectivity index (χ1n) is 9.42. The van der Waals surface area contributed by atoms with Crippen LogP contribution in [0.25, 0.3) is 0 Å². The third-order valence-electron chi connectivity index (χ3n) is 4.36. The smallest absolute Gasteiger partial charge is 0.242 e. The molecule has 0 aliphatic carbocycles. The van der Waals surface area contributed by atoms with Crippen molar-refractivity contribution in [1.29, 1.82) is 0 Å². The molecule has 0 bridgehead atoms. The largest absolute Gasteiger partial charge is 0.489 e. The van der Waals surface area contributed by atoms with Crippen LogP contribution in [-0.2, 0) is 16.6 Å². The van der Waals surface area contributed by atoms with E-state index >= 15 is 0 Å². The highest BCUT2D eigenvalue weighted by Crippen LogP contribution is 2.17. The molecule has 2 aromatic carbocycles. The van der Waals surface area contributed by atoms with E-state index in [-0.39, 0.29) is 35.0 Å². The average Bonchev–Trinajstić information content (AvgIpc) is 2.70. The van der Waals surface area contributed by atoms with E-state index in [1.165, 1.54) is 18.4 Å². The van der Waals surface area contributed by atoms with Crippen LogP contribution in [-0.4, -0.2) is 52.5 Å². The van der Waals surface area contributed by atoms with Crippen molar-refractivity contribution in [1.82, 2.24) is 14.9 Å². The number of aliphatic imine (C=N–C) groups is 1. The summed E-state index contributed by atoms with van der Waals surface area (Å²) in [6, 6.07) is 14.7. The lowest BCUT2D eigenvalue weighted by Crippen LogP contribution is -2.41. The fraction of sp³-hybridized carbons (Fsp3) is 0.381. The van der Waals surface area contributed by atoms with Crippen molar-refractivity contribution >= 4 is 40.0 Å². The molecule has 9 heteroatoms. The molecule has 0 saturated heterocycles. The van der Waals surface area contributed by atoms with Crippen molar-refractivity contribution in [2.24, 2.45) is 4.99 Å². The van der Waals surface area contributed by atoms with Gasteiger partial charge in [0.2, 0.25) is 10.0 Å². The number of aryl methyl sites for hydroxylation is 1. The first-order chi connectivity index (χ1) is 13.7. The van der Waals surface area contributed by atoms with Crippen LogP contribution >= 0.6 is 24.0 Å². The van der Waals surface area contributed by atoms with Crippen molar-refractivity contribution in [2.75, 3.05) is 27.7 Å². The highest BCUT2D eigenvalue weighted by Gasteiger charge is 2.16. The van der Waals surface area contributed by atoms with Crippen LogP contribution in [0, 0.1) is 6.92 Å². The lowest BCUT2D eigenvalue weighted by Gasteiger charge is -2.19. The summed E-state index contributed by atoms with van der Waals surface area (Å²) in [5.41, 5.74) is 2.05. The Hall–Kier alpha value is -1.85. The second-order valence-corrected chi connectivity index (χ2v) is 9.08. The summed E-state index contributed by atoms with van der Waals surface area (Å²) in [5, 5.41) is 6.46. The first-order valence-corrected chi connectivity index (χ1v) is 10.9. The summed E-state index contributed by atoms with van der Waals surface area (Å²) < 4.78 is 31.4. The molecule has 0 fully saturated rings. The number of guanidine groups is 1. The number of hydrogen-bond acceptors (Lipinski definition) is 4. The summed E-state index contributed by atoms with van der Waals surface area (Å²) in [6.07, 6.45) is -0.0369. The molecule has 7 nitrogen and oxygen atoms in total. The Morgan fingerprint density at radius 2 is 1.73 bits per heavy atom. The number of ether oxygens (including phenoxy) is 1. The summed E-state index contributed by atoms with van der Waals surface area (Å²) in [7, 11) is 1.33. The van der Waals surface area contributed by atoms with Gasteiger partial charge in [-0.1, -0.05) is 30.3 Å². The van der Waals surface area contributed by atoms with Gasteiger partial charge in [-0.25, -0.2) is 12.7 Å². The maximum atomic E-state index is 12.1. The van der Waals surface area contributed by atoms with Crippen LogP contribution in [0.5, 0.6) is 5.75 Å². The van der Waals surface area contributed by atoms with Crippen LogP contribution in [0.15, 0.2) is 58.4 Å². The molecule has 0 aliphatic rings. The first kappa shape index (κ1) is 26.2. The molecule has 166 valence electrons. The maximum Gasteiger partial charge on any atom is 0.242 e. The van der Waals surface area contributed by atoms with E-state index in [9.17, 15) is 8.42 Å². The minimum Gasteiger partial charge on any atom is -0.489 e. The summed E-state index contributed by atoms with van der Waals surface area (Å²) in [6.45, 7) is 5.13. The Labute approximate surface area is 197 Å². The molecule has 30 heavy (non-hydrogen) atoms. The summed E-state index contributed by atoms with van der Waals surface area (Å²) in [5.74, 6) is 1.52. The number of rotatable bonds is 8. The Morgan fingerprint density at radius 1 is 1.10 bits per heavy atom. The van der Waals surface area contributed by atoms with Crippen molar-refractivity contribution in [2.45, 2.75) is 31.4 Å². The Balaban J connectivity index is 0.00000450. The number of para-hydroxylation sites is 1. The lowest BCUT2D eigenvalue weighted by molar-refractivity contribution is 0.222. The maximum absolute atomic E-state index is 12.1. The number of sulfonamides is 1. The molecular weight excluding hydrogens is 515 g/mol. The second-order valence-electron chi connectivity index (χ2n) is 6.93. The monoisotopic (exact) mass is 546 g/mol. The lowest BCUT2D eigenvalue weighted by atomic mass is 10.2. The number of nitrogens with zero attached hydrogens (tertiary/aromatic N) is 2.